The highest BCUT2D eigenvalue weighted by Crippen LogP contribution is 2.31. The Morgan fingerprint density at radius 1 is 1.32 bits per heavy atom. The van der Waals surface area contributed by atoms with Gasteiger partial charge in [-0.15, -0.1) is 0 Å². The molecule has 3 heterocycles. The van der Waals surface area contributed by atoms with Crippen molar-refractivity contribution in [3.8, 4) is 22.9 Å². The summed E-state index contributed by atoms with van der Waals surface area (Å²) in [5.74, 6) is 0.969. The molecule has 0 aliphatic carbocycles. The van der Waals surface area contributed by atoms with Gasteiger partial charge in [-0.25, -0.2) is 4.68 Å². The molecule has 0 aliphatic rings. The molecular formula is C24H25BrN6O3. The minimum atomic E-state index is -0.231. The number of carbonyl (C=O) groups excluding carboxylic acids is 1. The first kappa shape index (κ1) is 23.5. The van der Waals surface area contributed by atoms with Crippen molar-refractivity contribution in [2.75, 3.05) is 26.8 Å². The van der Waals surface area contributed by atoms with E-state index in [1.165, 1.54) is 0 Å². The third-order valence-corrected chi connectivity index (χ3v) is 5.91. The number of benzene rings is 1. The number of hydrogen-bond donors (Lipinski definition) is 1. The summed E-state index contributed by atoms with van der Waals surface area (Å²) < 4.78 is 14.0. The normalized spacial score (nSPS) is 10.9. The Kier molecular flexibility index (Phi) is 6.97. The van der Waals surface area contributed by atoms with E-state index in [9.17, 15) is 4.79 Å². The van der Waals surface area contributed by atoms with Gasteiger partial charge in [0.1, 0.15) is 22.5 Å². The maximum Gasteiger partial charge on any atom is 0.274 e. The summed E-state index contributed by atoms with van der Waals surface area (Å²) in [6.45, 7) is 6.82. The maximum atomic E-state index is 13.0. The van der Waals surface area contributed by atoms with Crippen LogP contribution in [0.25, 0.3) is 28.2 Å². The van der Waals surface area contributed by atoms with Crippen LogP contribution >= 0.6 is 15.9 Å². The van der Waals surface area contributed by atoms with Crippen molar-refractivity contribution < 1.29 is 14.3 Å². The van der Waals surface area contributed by atoms with Gasteiger partial charge in [-0.3, -0.25) is 14.9 Å². The van der Waals surface area contributed by atoms with Crippen LogP contribution < -0.4 is 9.47 Å². The molecule has 0 fully saturated rings. The molecule has 10 heteroatoms. The Morgan fingerprint density at radius 2 is 2.12 bits per heavy atom. The highest BCUT2D eigenvalue weighted by molar-refractivity contribution is 9.10. The third kappa shape index (κ3) is 4.54. The molecule has 1 amide bonds. The van der Waals surface area contributed by atoms with Crippen LogP contribution in [0, 0.1) is 0 Å². The number of aryl methyl sites for hydroxylation is 1. The fourth-order valence-corrected chi connectivity index (χ4v) is 3.99. The number of pyridine rings is 1. The Hall–Kier alpha value is -3.66. The number of para-hydroxylation sites is 1. The average molecular weight is 525 g/mol. The van der Waals surface area contributed by atoms with Crippen molar-refractivity contribution in [3.63, 3.8) is 0 Å². The van der Waals surface area contributed by atoms with Gasteiger partial charge >= 0.3 is 0 Å². The largest absolute Gasteiger partial charge is 0.491 e. The number of likely N-dealkylation sites (N-methyl/N-ethyl adjacent to an activating group) is 1. The lowest BCUT2D eigenvalue weighted by Gasteiger charge is -2.18. The first-order chi connectivity index (χ1) is 16.4. The van der Waals surface area contributed by atoms with Crippen molar-refractivity contribution in [3.05, 3.63) is 59.0 Å². The van der Waals surface area contributed by atoms with E-state index in [1.807, 2.05) is 37.3 Å². The Bertz CT molecular complexity index is 1350. The Labute approximate surface area is 205 Å². The number of H-pyrrole nitrogens is 1. The van der Waals surface area contributed by atoms with Crippen molar-refractivity contribution in [1.29, 1.82) is 0 Å². The summed E-state index contributed by atoms with van der Waals surface area (Å²) in [6.07, 6.45) is 3.31. The summed E-state index contributed by atoms with van der Waals surface area (Å²) in [5, 5.41) is 12.4. The minimum absolute atomic E-state index is 0.231. The van der Waals surface area contributed by atoms with Gasteiger partial charge in [-0.2, -0.15) is 10.2 Å². The number of carbonyl (C=O) groups is 1. The third-order valence-electron chi connectivity index (χ3n) is 5.31. The van der Waals surface area contributed by atoms with E-state index in [2.05, 4.69) is 42.8 Å². The minimum Gasteiger partial charge on any atom is -0.491 e. The first-order valence-electron chi connectivity index (χ1n) is 10.7. The maximum absolute atomic E-state index is 13.0. The van der Waals surface area contributed by atoms with E-state index in [4.69, 9.17) is 9.47 Å². The number of nitrogens with zero attached hydrogens (tertiary/aromatic N) is 5. The van der Waals surface area contributed by atoms with E-state index < -0.39 is 0 Å². The highest BCUT2D eigenvalue weighted by atomic mass is 79.9. The predicted octanol–water partition coefficient (Wildman–Crippen LogP) is 4.31. The van der Waals surface area contributed by atoms with Gasteiger partial charge in [-0.05, 0) is 41.1 Å². The summed E-state index contributed by atoms with van der Waals surface area (Å²) >= 11 is 3.47. The van der Waals surface area contributed by atoms with Crippen LogP contribution in [0.15, 0.2) is 47.7 Å². The van der Waals surface area contributed by atoms with Gasteiger partial charge in [-0.1, -0.05) is 24.8 Å². The van der Waals surface area contributed by atoms with E-state index in [1.54, 1.807) is 35.9 Å². The SMILES string of the molecule is C=Cc1c(C(=O)N(C)CCOc2ccccc2-c2cc3c(Br)[nH]nc3cn2)nn(C)c1OCC. The number of amides is 1. The molecule has 1 N–H and O–H groups in total. The second-order valence-corrected chi connectivity index (χ2v) is 8.32. The van der Waals surface area contributed by atoms with Crippen molar-refractivity contribution in [1.82, 2.24) is 29.9 Å². The number of ether oxygens (including phenoxy) is 2. The second-order valence-electron chi connectivity index (χ2n) is 7.52. The zero-order chi connectivity index (χ0) is 24.2. The van der Waals surface area contributed by atoms with E-state index in [-0.39, 0.29) is 5.91 Å². The molecule has 9 nitrogen and oxygen atoms in total. The smallest absolute Gasteiger partial charge is 0.274 e. The number of halogens is 1. The van der Waals surface area contributed by atoms with Gasteiger partial charge in [0.15, 0.2) is 5.69 Å². The molecule has 0 unspecified atom stereocenters. The molecule has 0 radical (unpaired) electrons. The van der Waals surface area contributed by atoms with Gasteiger partial charge in [0.25, 0.3) is 5.91 Å². The standard InChI is InChI=1S/C24H25BrN6O3/c1-5-15-21(29-31(4)24(15)33-6-2)23(32)30(3)11-12-34-20-10-8-7-9-16(20)18-13-17-19(14-26-18)27-28-22(17)25/h5,7-10,13-14H,1,6,11-12H2,2-4H3,(H,27,28). The van der Waals surface area contributed by atoms with Crippen LogP contribution in [0.1, 0.15) is 23.0 Å². The highest BCUT2D eigenvalue weighted by Gasteiger charge is 2.23. The molecule has 0 spiro atoms. The van der Waals surface area contributed by atoms with Crippen LogP contribution in [-0.2, 0) is 7.05 Å². The molecule has 0 aliphatic heterocycles. The molecule has 0 atom stereocenters. The number of aromatic amines is 1. The summed E-state index contributed by atoms with van der Waals surface area (Å²) in [5.41, 5.74) is 3.27. The molecule has 4 rings (SSSR count). The molecule has 1 aromatic carbocycles. The lowest BCUT2D eigenvalue weighted by atomic mass is 10.1. The first-order valence-corrected chi connectivity index (χ1v) is 11.5. The van der Waals surface area contributed by atoms with E-state index in [0.29, 0.717) is 42.6 Å². The van der Waals surface area contributed by atoms with Gasteiger partial charge < -0.3 is 14.4 Å². The number of hydrogen-bond acceptors (Lipinski definition) is 6. The van der Waals surface area contributed by atoms with Crippen LogP contribution in [0.5, 0.6) is 11.6 Å². The molecule has 4 aromatic rings. The van der Waals surface area contributed by atoms with E-state index in [0.717, 1.165) is 26.8 Å². The van der Waals surface area contributed by atoms with Gasteiger partial charge in [0, 0.05) is 25.0 Å². The Balaban J connectivity index is 1.47. The fraction of sp³-hybridized carbons (Fsp3) is 0.250. The van der Waals surface area contributed by atoms with Crippen molar-refractivity contribution >= 4 is 38.8 Å². The summed E-state index contributed by atoms with van der Waals surface area (Å²) in [6, 6.07) is 9.62. The van der Waals surface area contributed by atoms with Crippen molar-refractivity contribution in [2.45, 2.75) is 6.92 Å². The number of fused-ring (bicyclic) bond motifs is 1. The summed E-state index contributed by atoms with van der Waals surface area (Å²) in [4.78, 5) is 19.1. The molecule has 0 bridgehead atoms. The van der Waals surface area contributed by atoms with E-state index >= 15 is 0 Å². The Morgan fingerprint density at radius 3 is 2.88 bits per heavy atom. The number of nitrogens with one attached hydrogen (secondary N) is 1. The number of aromatic nitrogens is 5. The molecular weight excluding hydrogens is 500 g/mol. The molecule has 0 saturated carbocycles. The molecule has 0 saturated heterocycles. The van der Waals surface area contributed by atoms with Gasteiger partial charge in [0.2, 0.25) is 5.88 Å². The zero-order valence-electron chi connectivity index (χ0n) is 19.2. The summed E-state index contributed by atoms with van der Waals surface area (Å²) in [7, 11) is 3.45. The van der Waals surface area contributed by atoms with Crippen LogP contribution in [0.2, 0.25) is 0 Å². The molecule has 176 valence electrons. The van der Waals surface area contributed by atoms with Gasteiger partial charge in [0.05, 0.1) is 30.6 Å². The topological polar surface area (TPSA) is 98.2 Å². The van der Waals surface area contributed by atoms with Crippen LogP contribution in [-0.4, -0.2) is 62.6 Å². The second kappa shape index (κ2) is 10.1. The fourth-order valence-electron chi connectivity index (χ4n) is 3.58. The quantitative estimate of drug-likeness (QED) is 0.350. The van der Waals surface area contributed by atoms with Crippen molar-refractivity contribution in [2.24, 2.45) is 7.05 Å². The molecule has 34 heavy (non-hydrogen) atoms. The molecule has 3 aromatic heterocycles. The average Bonchev–Trinajstić information content (AvgIpc) is 3.38. The number of rotatable bonds is 9. The lowest BCUT2D eigenvalue weighted by Crippen LogP contribution is -2.31. The van der Waals surface area contributed by atoms with Crippen LogP contribution in [0.3, 0.4) is 0 Å². The predicted molar refractivity (Wildman–Crippen MR) is 134 cm³/mol. The zero-order valence-corrected chi connectivity index (χ0v) is 20.8. The van der Waals surface area contributed by atoms with Crippen LogP contribution in [0.4, 0.5) is 0 Å². The lowest BCUT2D eigenvalue weighted by molar-refractivity contribution is 0.0767. The monoisotopic (exact) mass is 524 g/mol.